The third-order valence-electron chi connectivity index (χ3n) is 4.05. The van der Waals surface area contributed by atoms with Crippen LogP contribution in [-0.2, 0) is 0 Å². The van der Waals surface area contributed by atoms with Crippen molar-refractivity contribution in [2.45, 2.75) is 6.92 Å². The van der Waals surface area contributed by atoms with Crippen molar-refractivity contribution in [2.24, 2.45) is 0 Å². The predicted octanol–water partition coefficient (Wildman–Crippen LogP) is 5.24. The predicted molar refractivity (Wildman–Crippen MR) is 99.3 cm³/mol. The maximum absolute atomic E-state index is 12.5. The van der Waals surface area contributed by atoms with E-state index in [0.717, 1.165) is 21.9 Å². The molecule has 1 heterocycles. The van der Waals surface area contributed by atoms with Crippen molar-refractivity contribution in [2.75, 3.05) is 11.9 Å². The molecule has 4 aromatic rings. The van der Waals surface area contributed by atoms with Gasteiger partial charge in [0.1, 0.15) is 11.3 Å². The summed E-state index contributed by atoms with van der Waals surface area (Å²) < 4.78 is 11.2. The Morgan fingerprint density at radius 1 is 1.00 bits per heavy atom. The molecule has 4 rings (SSSR count). The molecule has 0 aliphatic rings. The zero-order valence-electron chi connectivity index (χ0n) is 13.8. The molecule has 1 amide bonds. The molecular formula is C21H17NO3. The van der Waals surface area contributed by atoms with Crippen molar-refractivity contribution >= 4 is 33.3 Å². The van der Waals surface area contributed by atoms with Crippen LogP contribution in [0.25, 0.3) is 21.7 Å². The van der Waals surface area contributed by atoms with Crippen molar-refractivity contribution in [1.82, 2.24) is 0 Å². The van der Waals surface area contributed by atoms with E-state index in [4.69, 9.17) is 9.15 Å². The van der Waals surface area contributed by atoms with Gasteiger partial charge in [0.05, 0.1) is 6.61 Å². The van der Waals surface area contributed by atoms with Gasteiger partial charge in [-0.15, -0.1) is 0 Å². The highest BCUT2D eigenvalue weighted by molar-refractivity contribution is 6.10. The number of rotatable bonds is 4. The van der Waals surface area contributed by atoms with Crippen molar-refractivity contribution < 1.29 is 13.9 Å². The molecule has 0 unspecified atom stereocenters. The lowest BCUT2D eigenvalue weighted by Crippen LogP contribution is -2.10. The second kappa shape index (κ2) is 6.32. The van der Waals surface area contributed by atoms with Gasteiger partial charge in [-0.25, -0.2) is 0 Å². The second-order valence-corrected chi connectivity index (χ2v) is 5.72. The van der Waals surface area contributed by atoms with Crippen LogP contribution < -0.4 is 10.1 Å². The molecule has 0 fully saturated rings. The summed E-state index contributed by atoms with van der Waals surface area (Å²) in [4.78, 5) is 12.5. The molecule has 4 nitrogen and oxygen atoms in total. The first-order valence-electron chi connectivity index (χ1n) is 8.20. The summed E-state index contributed by atoms with van der Waals surface area (Å²) in [6.45, 7) is 2.50. The van der Waals surface area contributed by atoms with Crippen LogP contribution in [0.5, 0.6) is 5.75 Å². The number of hydrogen-bond acceptors (Lipinski definition) is 3. The summed E-state index contributed by atoms with van der Waals surface area (Å²) in [5.41, 5.74) is 1.37. The number of anilines is 1. The molecule has 0 radical (unpaired) electrons. The lowest BCUT2D eigenvalue weighted by atomic mass is 10.1. The molecule has 0 saturated carbocycles. The van der Waals surface area contributed by atoms with Crippen LogP contribution in [0.2, 0.25) is 0 Å². The van der Waals surface area contributed by atoms with Crippen molar-refractivity contribution in [3.8, 4) is 5.75 Å². The summed E-state index contributed by atoms with van der Waals surface area (Å²) in [6.07, 6.45) is 0. The van der Waals surface area contributed by atoms with E-state index < -0.39 is 0 Å². The first kappa shape index (κ1) is 15.3. The van der Waals surface area contributed by atoms with Crippen LogP contribution in [0.3, 0.4) is 0 Å². The van der Waals surface area contributed by atoms with Crippen molar-refractivity contribution in [3.05, 3.63) is 72.5 Å². The number of hydrogen-bond donors (Lipinski definition) is 1. The van der Waals surface area contributed by atoms with E-state index in [1.807, 2.05) is 61.5 Å². The van der Waals surface area contributed by atoms with Crippen LogP contribution >= 0.6 is 0 Å². The van der Waals surface area contributed by atoms with Gasteiger partial charge in [-0.3, -0.25) is 4.79 Å². The highest BCUT2D eigenvalue weighted by Gasteiger charge is 2.14. The monoisotopic (exact) mass is 331 g/mol. The number of amides is 1. The fourth-order valence-corrected chi connectivity index (χ4v) is 2.93. The normalized spacial score (nSPS) is 10.9. The van der Waals surface area contributed by atoms with Gasteiger partial charge in [0.15, 0.2) is 5.76 Å². The van der Waals surface area contributed by atoms with Gasteiger partial charge in [0.2, 0.25) is 0 Å². The highest BCUT2D eigenvalue weighted by atomic mass is 16.5. The number of carbonyl (C=O) groups is 1. The molecule has 124 valence electrons. The van der Waals surface area contributed by atoms with Crippen LogP contribution in [0, 0.1) is 0 Å². The Labute approximate surface area is 145 Å². The van der Waals surface area contributed by atoms with Gasteiger partial charge in [-0.05, 0) is 42.0 Å². The zero-order valence-corrected chi connectivity index (χ0v) is 13.8. The van der Waals surface area contributed by atoms with E-state index in [9.17, 15) is 4.79 Å². The van der Waals surface area contributed by atoms with Crippen LogP contribution in [0.4, 0.5) is 5.69 Å². The molecule has 0 saturated heterocycles. The molecule has 25 heavy (non-hydrogen) atoms. The number of furan rings is 1. The van der Waals surface area contributed by atoms with Gasteiger partial charge in [-0.1, -0.05) is 36.4 Å². The number of carbonyl (C=O) groups excluding carboxylic acids is 1. The highest BCUT2D eigenvalue weighted by Crippen LogP contribution is 2.28. The first-order chi connectivity index (χ1) is 12.2. The quantitative estimate of drug-likeness (QED) is 0.556. The molecule has 0 atom stereocenters. The Kier molecular flexibility index (Phi) is 3.86. The van der Waals surface area contributed by atoms with Gasteiger partial charge < -0.3 is 14.5 Å². The minimum Gasteiger partial charge on any atom is -0.494 e. The van der Waals surface area contributed by atoms with Crippen molar-refractivity contribution in [3.63, 3.8) is 0 Å². The minimum atomic E-state index is -0.283. The minimum absolute atomic E-state index is 0.283. The Morgan fingerprint density at radius 3 is 2.76 bits per heavy atom. The number of fused-ring (bicyclic) bond motifs is 3. The fourth-order valence-electron chi connectivity index (χ4n) is 2.93. The van der Waals surface area contributed by atoms with Crippen LogP contribution in [0.15, 0.2) is 71.1 Å². The Bertz CT molecular complexity index is 1070. The topological polar surface area (TPSA) is 51.5 Å². The van der Waals surface area contributed by atoms with Crippen LogP contribution in [0.1, 0.15) is 17.5 Å². The standard InChI is InChI=1S/C21H17NO3/c1-2-24-16-8-5-7-15(12-16)22-21(23)20-13-18-17-9-4-3-6-14(17)10-11-19(18)25-20/h3-13H,2H2,1H3,(H,22,23). The fraction of sp³-hybridized carbons (Fsp3) is 0.0952. The van der Waals surface area contributed by atoms with E-state index in [1.165, 1.54) is 0 Å². The summed E-state index contributed by atoms with van der Waals surface area (Å²) in [5.74, 6) is 0.720. The molecule has 4 heteroatoms. The van der Waals surface area contributed by atoms with Gasteiger partial charge in [-0.2, -0.15) is 0 Å². The summed E-state index contributed by atoms with van der Waals surface area (Å²) >= 11 is 0. The maximum Gasteiger partial charge on any atom is 0.291 e. The molecule has 3 aromatic carbocycles. The van der Waals surface area contributed by atoms with E-state index >= 15 is 0 Å². The summed E-state index contributed by atoms with van der Waals surface area (Å²) in [6, 6.07) is 21.0. The maximum atomic E-state index is 12.5. The van der Waals surface area contributed by atoms with E-state index in [2.05, 4.69) is 5.32 Å². The Balaban J connectivity index is 1.66. The number of benzene rings is 3. The molecule has 0 aliphatic carbocycles. The van der Waals surface area contributed by atoms with Gasteiger partial charge >= 0.3 is 0 Å². The van der Waals surface area contributed by atoms with Crippen LogP contribution in [-0.4, -0.2) is 12.5 Å². The molecule has 0 spiro atoms. The lowest BCUT2D eigenvalue weighted by Gasteiger charge is -2.06. The third-order valence-corrected chi connectivity index (χ3v) is 4.05. The van der Waals surface area contributed by atoms with Gasteiger partial charge in [0.25, 0.3) is 5.91 Å². The molecule has 0 aliphatic heterocycles. The summed E-state index contributed by atoms with van der Waals surface area (Å²) in [5, 5.41) is 5.98. The molecule has 1 aromatic heterocycles. The van der Waals surface area contributed by atoms with Gasteiger partial charge in [0, 0.05) is 17.1 Å². The second-order valence-electron chi connectivity index (χ2n) is 5.72. The summed E-state index contributed by atoms with van der Waals surface area (Å²) in [7, 11) is 0. The average molecular weight is 331 g/mol. The molecular weight excluding hydrogens is 314 g/mol. The smallest absolute Gasteiger partial charge is 0.291 e. The lowest BCUT2D eigenvalue weighted by molar-refractivity contribution is 0.0998. The average Bonchev–Trinajstić information content (AvgIpc) is 3.07. The zero-order chi connectivity index (χ0) is 17.2. The Hall–Kier alpha value is -3.27. The van der Waals surface area contributed by atoms with E-state index in [1.54, 1.807) is 12.1 Å². The SMILES string of the molecule is CCOc1cccc(NC(=O)c2cc3c(ccc4ccccc43)o2)c1. The molecule has 0 bridgehead atoms. The Morgan fingerprint density at radius 2 is 1.88 bits per heavy atom. The first-order valence-corrected chi connectivity index (χ1v) is 8.20. The third kappa shape index (κ3) is 2.94. The van der Waals surface area contributed by atoms with E-state index in [0.29, 0.717) is 17.9 Å². The van der Waals surface area contributed by atoms with Crippen molar-refractivity contribution in [1.29, 1.82) is 0 Å². The van der Waals surface area contributed by atoms with E-state index in [-0.39, 0.29) is 11.7 Å². The molecule has 1 N–H and O–H groups in total. The number of ether oxygens (including phenoxy) is 1. The number of nitrogens with one attached hydrogen (secondary N) is 1. The largest absolute Gasteiger partial charge is 0.494 e.